The number of aromatic nitrogens is 2. The molecule has 0 bridgehead atoms. The Morgan fingerprint density at radius 2 is 1.44 bits per heavy atom. The Morgan fingerprint density at radius 3 is 2.07 bits per heavy atom. The van der Waals surface area contributed by atoms with Gasteiger partial charge in [0.1, 0.15) is 0 Å². The number of piperazine rings is 1. The molecule has 0 unspecified atom stereocenters. The minimum absolute atomic E-state index is 0.0957. The summed E-state index contributed by atoms with van der Waals surface area (Å²) in [5, 5.41) is 0. The molecule has 138 valence electrons. The monoisotopic (exact) mass is 370 g/mol. The number of carbonyl (C=O) groups excluding carboxylic acids is 2. The second kappa shape index (κ2) is 6.79. The van der Waals surface area contributed by atoms with Gasteiger partial charge in [-0.1, -0.05) is 0 Å². The number of nitrogens with zero attached hydrogens (tertiary/aromatic N) is 3. The molecule has 1 aliphatic rings. The van der Waals surface area contributed by atoms with Crippen LogP contribution < -0.4 is 0 Å². The molecule has 0 atom stereocenters. The molecule has 2 aromatic carbocycles. The molecule has 0 spiro atoms. The average Bonchev–Trinajstić information content (AvgIpc) is 3.17. The van der Waals surface area contributed by atoms with Crippen molar-refractivity contribution in [3.05, 3.63) is 65.5 Å². The largest absolute Gasteiger partial charge is 0.345 e. The maximum Gasteiger partial charge on any atom is 0.254 e. The number of aromatic amines is 1. The smallest absolute Gasteiger partial charge is 0.254 e. The van der Waals surface area contributed by atoms with Crippen LogP contribution in [0.15, 0.2) is 42.7 Å². The molecule has 8 heteroatoms. The summed E-state index contributed by atoms with van der Waals surface area (Å²) in [6, 6.07) is 8.36. The van der Waals surface area contributed by atoms with Gasteiger partial charge in [-0.05, 0) is 36.4 Å². The number of imidazole rings is 1. The number of nitrogens with one attached hydrogen (secondary N) is 1. The molecule has 6 nitrogen and oxygen atoms in total. The van der Waals surface area contributed by atoms with Gasteiger partial charge in [0.25, 0.3) is 11.8 Å². The Morgan fingerprint density at radius 1 is 0.852 bits per heavy atom. The van der Waals surface area contributed by atoms with E-state index in [0.29, 0.717) is 31.7 Å². The lowest BCUT2D eigenvalue weighted by molar-refractivity contribution is 0.0535. The number of fused-ring (bicyclic) bond motifs is 1. The van der Waals surface area contributed by atoms with Gasteiger partial charge in [-0.3, -0.25) is 9.59 Å². The van der Waals surface area contributed by atoms with E-state index in [4.69, 9.17) is 0 Å². The van der Waals surface area contributed by atoms with Crippen LogP contribution in [0.2, 0.25) is 0 Å². The predicted molar refractivity (Wildman–Crippen MR) is 94.3 cm³/mol. The fourth-order valence-corrected chi connectivity index (χ4v) is 3.18. The number of hydrogen-bond donors (Lipinski definition) is 1. The van der Waals surface area contributed by atoms with E-state index < -0.39 is 11.6 Å². The highest BCUT2D eigenvalue weighted by molar-refractivity contribution is 5.98. The van der Waals surface area contributed by atoms with Crippen molar-refractivity contribution in [2.45, 2.75) is 0 Å². The van der Waals surface area contributed by atoms with E-state index >= 15 is 0 Å². The van der Waals surface area contributed by atoms with Crippen LogP contribution in [0.5, 0.6) is 0 Å². The molecule has 4 rings (SSSR count). The molecule has 1 aliphatic heterocycles. The van der Waals surface area contributed by atoms with E-state index in [-0.39, 0.29) is 17.4 Å². The zero-order valence-electron chi connectivity index (χ0n) is 14.3. The van der Waals surface area contributed by atoms with E-state index in [2.05, 4.69) is 9.97 Å². The Balaban J connectivity index is 1.42. The minimum atomic E-state index is -1.05. The molecule has 27 heavy (non-hydrogen) atoms. The summed E-state index contributed by atoms with van der Waals surface area (Å²) in [5.41, 5.74) is 2.21. The SMILES string of the molecule is O=C(c1ccc(F)c(F)c1)N1CCN(C(=O)c2ccc3nc[nH]c3c2)CC1. The lowest BCUT2D eigenvalue weighted by Gasteiger charge is -2.34. The second-order valence-electron chi connectivity index (χ2n) is 6.35. The highest BCUT2D eigenvalue weighted by Gasteiger charge is 2.26. The van der Waals surface area contributed by atoms with Crippen molar-refractivity contribution in [1.29, 1.82) is 0 Å². The summed E-state index contributed by atoms with van der Waals surface area (Å²) in [6.07, 6.45) is 1.57. The predicted octanol–water partition coefficient (Wildman–Crippen LogP) is 2.44. The first-order valence-corrected chi connectivity index (χ1v) is 8.49. The Bertz CT molecular complexity index is 1030. The van der Waals surface area contributed by atoms with Crippen LogP contribution in [0.1, 0.15) is 20.7 Å². The maximum absolute atomic E-state index is 13.3. The van der Waals surface area contributed by atoms with Crippen LogP contribution in [0, 0.1) is 11.6 Å². The lowest BCUT2D eigenvalue weighted by Crippen LogP contribution is -2.50. The first kappa shape index (κ1) is 17.1. The average molecular weight is 370 g/mol. The summed E-state index contributed by atoms with van der Waals surface area (Å²) in [7, 11) is 0. The maximum atomic E-state index is 13.3. The third-order valence-electron chi connectivity index (χ3n) is 4.69. The molecule has 1 N–H and O–H groups in total. The molecule has 1 fully saturated rings. The van der Waals surface area contributed by atoms with Gasteiger partial charge in [-0.25, -0.2) is 13.8 Å². The van der Waals surface area contributed by atoms with Crippen molar-refractivity contribution < 1.29 is 18.4 Å². The van der Waals surface area contributed by atoms with Gasteiger partial charge < -0.3 is 14.8 Å². The standard InChI is InChI=1S/C19H16F2N4O2/c20-14-3-1-12(9-15(14)21)18(26)24-5-7-25(8-6-24)19(27)13-2-4-16-17(10-13)23-11-22-16/h1-4,9-11H,5-8H2,(H,22,23). The number of amides is 2. The molecule has 0 radical (unpaired) electrons. The molecule has 0 aliphatic carbocycles. The number of H-pyrrole nitrogens is 1. The van der Waals surface area contributed by atoms with Crippen molar-refractivity contribution in [2.24, 2.45) is 0 Å². The summed E-state index contributed by atoms with van der Waals surface area (Å²) in [5.74, 6) is -2.54. The molecule has 3 aromatic rings. The third-order valence-corrected chi connectivity index (χ3v) is 4.69. The lowest BCUT2D eigenvalue weighted by atomic mass is 10.1. The van der Waals surface area contributed by atoms with Crippen molar-refractivity contribution in [3.63, 3.8) is 0 Å². The van der Waals surface area contributed by atoms with Crippen LogP contribution in [0.25, 0.3) is 11.0 Å². The van der Waals surface area contributed by atoms with Crippen LogP contribution in [-0.4, -0.2) is 57.8 Å². The van der Waals surface area contributed by atoms with Crippen molar-refractivity contribution in [3.8, 4) is 0 Å². The number of hydrogen-bond acceptors (Lipinski definition) is 3. The van der Waals surface area contributed by atoms with Crippen LogP contribution >= 0.6 is 0 Å². The summed E-state index contributed by atoms with van der Waals surface area (Å²) in [4.78, 5) is 35.5. The highest BCUT2D eigenvalue weighted by Crippen LogP contribution is 2.16. The van der Waals surface area contributed by atoms with Crippen LogP contribution in [-0.2, 0) is 0 Å². The topological polar surface area (TPSA) is 69.3 Å². The quantitative estimate of drug-likeness (QED) is 0.753. The van der Waals surface area contributed by atoms with E-state index in [1.807, 2.05) is 0 Å². The van der Waals surface area contributed by atoms with Crippen molar-refractivity contribution in [2.75, 3.05) is 26.2 Å². The van der Waals surface area contributed by atoms with Crippen LogP contribution in [0.4, 0.5) is 8.78 Å². The van der Waals surface area contributed by atoms with Gasteiger partial charge in [-0.2, -0.15) is 0 Å². The fourth-order valence-electron chi connectivity index (χ4n) is 3.18. The van der Waals surface area contributed by atoms with E-state index in [1.54, 1.807) is 29.4 Å². The van der Waals surface area contributed by atoms with Gasteiger partial charge in [0.15, 0.2) is 11.6 Å². The van der Waals surface area contributed by atoms with Gasteiger partial charge in [0.2, 0.25) is 0 Å². The molecule has 1 saturated heterocycles. The Labute approximate surface area is 153 Å². The van der Waals surface area contributed by atoms with Crippen molar-refractivity contribution in [1.82, 2.24) is 19.8 Å². The molecular formula is C19H16F2N4O2. The zero-order chi connectivity index (χ0) is 19.0. The number of halogens is 2. The first-order valence-electron chi connectivity index (χ1n) is 8.49. The van der Waals surface area contributed by atoms with Crippen LogP contribution in [0.3, 0.4) is 0 Å². The Hall–Kier alpha value is -3.29. The van der Waals surface area contributed by atoms with E-state index in [9.17, 15) is 18.4 Å². The van der Waals surface area contributed by atoms with Gasteiger partial charge in [-0.15, -0.1) is 0 Å². The van der Waals surface area contributed by atoms with Crippen molar-refractivity contribution >= 4 is 22.8 Å². The van der Waals surface area contributed by atoms with Gasteiger partial charge in [0, 0.05) is 37.3 Å². The second-order valence-corrected chi connectivity index (χ2v) is 6.35. The van der Waals surface area contributed by atoms with E-state index in [1.165, 1.54) is 11.0 Å². The van der Waals surface area contributed by atoms with Gasteiger partial charge in [0.05, 0.1) is 17.4 Å². The fraction of sp³-hybridized carbons (Fsp3) is 0.211. The van der Waals surface area contributed by atoms with Gasteiger partial charge >= 0.3 is 0 Å². The molecular weight excluding hydrogens is 354 g/mol. The Kier molecular flexibility index (Phi) is 4.31. The number of carbonyl (C=O) groups is 2. The molecule has 0 saturated carbocycles. The number of rotatable bonds is 2. The zero-order valence-corrected chi connectivity index (χ0v) is 14.3. The normalized spacial score (nSPS) is 14.6. The molecule has 2 heterocycles. The summed E-state index contributed by atoms with van der Waals surface area (Å²) in [6.45, 7) is 1.40. The number of benzene rings is 2. The highest BCUT2D eigenvalue weighted by atomic mass is 19.2. The minimum Gasteiger partial charge on any atom is -0.345 e. The summed E-state index contributed by atoms with van der Waals surface area (Å²) >= 11 is 0. The first-order chi connectivity index (χ1) is 13.0. The molecule has 1 aromatic heterocycles. The third kappa shape index (κ3) is 3.25. The van der Waals surface area contributed by atoms with E-state index in [0.717, 1.165) is 23.2 Å². The molecule has 2 amide bonds. The summed E-state index contributed by atoms with van der Waals surface area (Å²) < 4.78 is 26.4.